The van der Waals surface area contributed by atoms with E-state index in [0.29, 0.717) is 6.54 Å². The van der Waals surface area contributed by atoms with Crippen molar-refractivity contribution in [2.24, 2.45) is 0 Å². The quantitative estimate of drug-likeness (QED) is 0.916. The maximum atomic E-state index is 12.1. The Morgan fingerprint density at radius 2 is 2.00 bits per heavy atom. The predicted molar refractivity (Wildman–Crippen MR) is 84.0 cm³/mol. The Balaban J connectivity index is 1.82. The summed E-state index contributed by atoms with van der Waals surface area (Å²) < 4.78 is 0. The molecule has 0 aliphatic rings. The van der Waals surface area contributed by atoms with Crippen LogP contribution in [0.2, 0.25) is 0 Å². The first-order chi connectivity index (χ1) is 10.2. The Morgan fingerprint density at radius 3 is 2.67 bits per heavy atom. The molecular weight excluding hydrogens is 262 g/mol. The number of hydrogen-bond donors (Lipinski definition) is 1. The van der Waals surface area contributed by atoms with Crippen molar-refractivity contribution in [1.82, 2.24) is 15.2 Å². The molecule has 0 saturated heterocycles. The fourth-order valence-electron chi connectivity index (χ4n) is 2.12. The number of aromatic nitrogens is 1. The summed E-state index contributed by atoms with van der Waals surface area (Å²) in [4.78, 5) is 17.9. The number of nitrogens with zero attached hydrogens (tertiary/aromatic N) is 2. The summed E-state index contributed by atoms with van der Waals surface area (Å²) in [6.45, 7) is 2.63. The van der Waals surface area contributed by atoms with Gasteiger partial charge in [0.25, 0.3) is 0 Å². The van der Waals surface area contributed by atoms with Gasteiger partial charge in [0, 0.05) is 26.0 Å². The first-order valence-corrected chi connectivity index (χ1v) is 7.13. The summed E-state index contributed by atoms with van der Waals surface area (Å²) in [5.74, 6) is 0. The highest BCUT2D eigenvalue weighted by Gasteiger charge is 2.16. The largest absolute Gasteiger partial charge is 0.338 e. The average Bonchev–Trinajstić information content (AvgIpc) is 2.55. The maximum Gasteiger partial charge on any atom is 0.317 e. The van der Waals surface area contributed by atoms with Crippen LogP contribution in [0.3, 0.4) is 0 Å². The van der Waals surface area contributed by atoms with Crippen LogP contribution in [0.1, 0.15) is 24.1 Å². The van der Waals surface area contributed by atoms with Gasteiger partial charge in [-0.2, -0.15) is 0 Å². The van der Waals surface area contributed by atoms with Gasteiger partial charge in [-0.15, -0.1) is 0 Å². The van der Waals surface area contributed by atoms with Crippen molar-refractivity contribution >= 4 is 6.03 Å². The van der Waals surface area contributed by atoms with Crippen LogP contribution in [0, 0.1) is 0 Å². The van der Waals surface area contributed by atoms with Crippen LogP contribution < -0.4 is 5.32 Å². The number of carbonyl (C=O) groups excluding carboxylic acids is 1. The van der Waals surface area contributed by atoms with Crippen LogP contribution in [0.25, 0.3) is 0 Å². The third-order valence-electron chi connectivity index (χ3n) is 3.60. The van der Waals surface area contributed by atoms with Gasteiger partial charge < -0.3 is 10.2 Å². The number of nitrogens with one attached hydrogen (secondary N) is 1. The van der Waals surface area contributed by atoms with Gasteiger partial charge in [0.2, 0.25) is 0 Å². The van der Waals surface area contributed by atoms with Crippen molar-refractivity contribution in [3.63, 3.8) is 0 Å². The van der Waals surface area contributed by atoms with Crippen molar-refractivity contribution in [3.8, 4) is 0 Å². The van der Waals surface area contributed by atoms with Crippen LogP contribution in [0.5, 0.6) is 0 Å². The summed E-state index contributed by atoms with van der Waals surface area (Å²) in [5.41, 5.74) is 2.25. The summed E-state index contributed by atoms with van der Waals surface area (Å²) in [7, 11) is 1.82. The molecule has 2 aromatic rings. The molecule has 21 heavy (non-hydrogen) atoms. The number of urea groups is 1. The van der Waals surface area contributed by atoms with Gasteiger partial charge in [-0.05, 0) is 30.5 Å². The van der Waals surface area contributed by atoms with Gasteiger partial charge >= 0.3 is 6.03 Å². The molecule has 4 heteroatoms. The van der Waals surface area contributed by atoms with Crippen molar-refractivity contribution in [2.75, 3.05) is 13.6 Å². The van der Waals surface area contributed by atoms with E-state index in [9.17, 15) is 4.79 Å². The molecule has 1 aromatic carbocycles. The molecule has 2 rings (SSSR count). The van der Waals surface area contributed by atoms with Crippen molar-refractivity contribution in [2.45, 2.75) is 19.4 Å². The van der Waals surface area contributed by atoms with Gasteiger partial charge in [0.05, 0.1) is 6.04 Å². The minimum absolute atomic E-state index is 0.0459. The Morgan fingerprint density at radius 1 is 1.24 bits per heavy atom. The topological polar surface area (TPSA) is 45.2 Å². The second-order valence-electron chi connectivity index (χ2n) is 5.04. The number of benzene rings is 1. The highest BCUT2D eigenvalue weighted by Crippen LogP contribution is 2.17. The zero-order valence-corrected chi connectivity index (χ0v) is 12.5. The highest BCUT2D eigenvalue weighted by molar-refractivity contribution is 5.74. The first kappa shape index (κ1) is 15.0. The van der Waals surface area contributed by atoms with Crippen LogP contribution in [-0.4, -0.2) is 29.5 Å². The van der Waals surface area contributed by atoms with E-state index in [1.807, 2.05) is 62.6 Å². The Hall–Kier alpha value is -2.36. The normalized spacial score (nSPS) is 11.7. The first-order valence-electron chi connectivity index (χ1n) is 7.13. The smallest absolute Gasteiger partial charge is 0.317 e. The van der Waals surface area contributed by atoms with Crippen LogP contribution in [0.15, 0.2) is 54.9 Å². The van der Waals surface area contributed by atoms with Crippen molar-refractivity contribution < 1.29 is 4.79 Å². The average molecular weight is 283 g/mol. The Bertz CT molecular complexity index is 557. The number of rotatable bonds is 5. The highest BCUT2D eigenvalue weighted by atomic mass is 16.2. The molecule has 1 heterocycles. The van der Waals surface area contributed by atoms with E-state index in [1.54, 1.807) is 11.1 Å². The minimum atomic E-state index is -0.0600. The van der Waals surface area contributed by atoms with E-state index in [-0.39, 0.29) is 12.1 Å². The number of amides is 2. The van der Waals surface area contributed by atoms with E-state index in [4.69, 9.17) is 0 Å². The second-order valence-corrected chi connectivity index (χ2v) is 5.04. The SMILES string of the molecule is CC(c1ccccc1)N(C)C(=O)NCCc1cccnc1. The second kappa shape index (κ2) is 7.43. The lowest BCUT2D eigenvalue weighted by atomic mass is 10.1. The molecule has 1 atom stereocenters. The molecule has 0 radical (unpaired) electrons. The molecule has 0 bridgehead atoms. The minimum Gasteiger partial charge on any atom is -0.338 e. The van der Waals surface area contributed by atoms with Gasteiger partial charge in [-0.3, -0.25) is 4.98 Å². The molecule has 1 unspecified atom stereocenters. The number of hydrogen-bond acceptors (Lipinski definition) is 2. The van der Waals surface area contributed by atoms with Crippen molar-refractivity contribution in [1.29, 1.82) is 0 Å². The van der Waals surface area contributed by atoms with Gasteiger partial charge in [0.15, 0.2) is 0 Å². The molecule has 2 amide bonds. The Kier molecular flexibility index (Phi) is 5.32. The van der Waals surface area contributed by atoms with Gasteiger partial charge in [-0.1, -0.05) is 36.4 Å². The van der Waals surface area contributed by atoms with E-state index in [0.717, 1.165) is 17.5 Å². The Labute approximate surface area is 125 Å². The summed E-state index contributed by atoms with van der Waals surface area (Å²) >= 11 is 0. The number of carbonyl (C=O) groups is 1. The van der Waals surface area contributed by atoms with Gasteiger partial charge in [0.1, 0.15) is 0 Å². The lowest BCUT2D eigenvalue weighted by Gasteiger charge is -2.25. The zero-order chi connectivity index (χ0) is 15.1. The van der Waals surface area contributed by atoms with Crippen molar-refractivity contribution in [3.05, 3.63) is 66.0 Å². The molecule has 0 aliphatic carbocycles. The summed E-state index contributed by atoms with van der Waals surface area (Å²) in [5, 5.41) is 2.94. The molecule has 1 N–H and O–H groups in total. The summed E-state index contributed by atoms with van der Waals surface area (Å²) in [6, 6.07) is 13.9. The molecule has 0 saturated carbocycles. The predicted octanol–water partition coefficient (Wildman–Crippen LogP) is 3.03. The van der Waals surface area contributed by atoms with E-state index >= 15 is 0 Å². The lowest BCUT2D eigenvalue weighted by molar-refractivity contribution is 0.194. The molecule has 0 aliphatic heterocycles. The van der Waals surface area contributed by atoms with Gasteiger partial charge in [-0.25, -0.2) is 4.79 Å². The monoisotopic (exact) mass is 283 g/mol. The third-order valence-corrected chi connectivity index (χ3v) is 3.60. The molecular formula is C17H21N3O. The third kappa shape index (κ3) is 4.31. The number of pyridine rings is 1. The van der Waals surface area contributed by atoms with Crippen LogP contribution in [-0.2, 0) is 6.42 Å². The summed E-state index contributed by atoms with van der Waals surface area (Å²) in [6.07, 6.45) is 4.35. The van der Waals surface area contributed by atoms with Crippen LogP contribution >= 0.6 is 0 Å². The van der Waals surface area contributed by atoms with E-state index in [2.05, 4.69) is 10.3 Å². The molecule has 0 fully saturated rings. The molecule has 0 spiro atoms. The standard InChI is InChI=1S/C17H21N3O/c1-14(16-8-4-3-5-9-16)20(2)17(21)19-12-10-15-7-6-11-18-13-15/h3-9,11,13-14H,10,12H2,1-2H3,(H,19,21). The molecule has 4 nitrogen and oxygen atoms in total. The molecule has 1 aromatic heterocycles. The maximum absolute atomic E-state index is 12.1. The lowest BCUT2D eigenvalue weighted by Crippen LogP contribution is -2.39. The van der Waals surface area contributed by atoms with Crippen LogP contribution in [0.4, 0.5) is 4.79 Å². The van der Waals surface area contributed by atoms with E-state index < -0.39 is 0 Å². The molecule has 110 valence electrons. The fraction of sp³-hybridized carbons (Fsp3) is 0.294. The fourth-order valence-corrected chi connectivity index (χ4v) is 2.12. The zero-order valence-electron chi connectivity index (χ0n) is 12.5. The van der Waals surface area contributed by atoms with E-state index in [1.165, 1.54) is 0 Å².